The number of carboxylic acids is 1. The summed E-state index contributed by atoms with van der Waals surface area (Å²) < 4.78 is 31.6. The molecule has 0 saturated carbocycles. The number of hydrogen-bond acceptors (Lipinski definition) is 8. The van der Waals surface area contributed by atoms with Gasteiger partial charge >= 0.3 is 12.1 Å². The predicted molar refractivity (Wildman–Crippen MR) is 139 cm³/mol. The molecule has 1 amide bonds. The number of rotatable bonds is 6. The zero-order valence-corrected chi connectivity index (χ0v) is 22.1. The van der Waals surface area contributed by atoms with Gasteiger partial charge in [-0.2, -0.15) is 0 Å². The van der Waals surface area contributed by atoms with E-state index in [1.54, 1.807) is 39.0 Å². The summed E-state index contributed by atoms with van der Waals surface area (Å²) >= 11 is 5.91. The van der Waals surface area contributed by atoms with Crippen LogP contribution in [0.2, 0.25) is 5.02 Å². The van der Waals surface area contributed by atoms with Crippen LogP contribution in [0.5, 0.6) is 11.5 Å². The maximum absolute atomic E-state index is 14.5. The molecule has 1 fully saturated rings. The Morgan fingerprint density at radius 3 is 2.66 bits per heavy atom. The highest BCUT2D eigenvalue weighted by molar-refractivity contribution is 6.31. The zero-order chi connectivity index (χ0) is 27.6. The molecule has 0 bridgehead atoms. The van der Waals surface area contributed by atoms with Crippen LogP contribution in [-0.2, 0) is 9.53 Å². The van der Waals surface area contributed by atoms with E-state index in [-0.39, 0.29) is 23.7 Å². The minimum atomic E-state index is -1.15. The number of anilines is 2. The van der Waals surface area contributed by atoms with Crippen molar-refractivity contribution in [1.29, 1.82) is 0 Å². The molecule has 10 nitrogen and oxygen atoms in total. The Labute approximate surface area is 223 Å². The number of piperidine rings is 1. The number of amides is 1. The summed E-state index contributed by atoms with van der Waals surface area (Å²) in [5, 5.41) is 13.2. The third-order valence-electron chi connectivity index (χ3n) is 5.89. The van der Waals surface area contributed by atoms with E-state index >= 15 is 0 Å². The fraction of sp³-hybridized carbons (Fsp3) is 0.385. The number of ether oxygens (including phenoxy) is 3. The molecule has 202 valence electrons. The summed E-state index contributed by atoms with van der Waals surface area (Å²) in [7, 11) is 1.47. The third-order valence-corrected chi connectivity index (χ3v) is 6.18. The second-order valence-corrected chi connectivity index (χ2v) is 10.2. The number of methoxy groups -OCH3 is 1. The van der Waals surface area contributed by atoms with Crippen LogP contribution in [0.25, 0.3) is 10.9 Å². The Morgan fingerprint density at radius 1 is 1.21 bits per heavy atom. The van der Waals surface area contributed by atoms with E-state index in [4.69, 9.17) is 25.8 Å². The highest BCUT2D eigenvalue weighted by Gasteiger charge is 2.39. The minimum Gasteiger partial charge on any atom is -0.493 e. The number of nitrogens with one attached hydrogen (secondary N) is 1. The molecule has 3 aromatic rings. The van der Waals surface area contributed by atoms with E-state index in [0.29, 0.717) is 34.6 Å². The number of hydrogen-bond donors (Lipinski definition) is 2. The Balaban J connectivity index is 1.61. The average molecular weight is 547 g/mol. The van der Waals surface area contributed by atoms with Crippen LogP contribution in [0, 0.1) is 5.82 Å². The first-order valence-electron chi connectivity index (χ1n) is 11.9. The molecular weight excluding hydrogens is 519 g/mol. The van der Waals surface area contributed by atoms with Crippen molar-refractivity contribution in [2.45, 2.75) is 51.4 Å². The second kappa shape index (κ2) is 10.9. The predicted octanol–water partition coefficient (Wildman–Crippen LogP) is 5.41. The van der Waals surface area contributed by atoms with Crippen LogP contribution in [0.3, 0.4) is 0 Å². The van der Waals surface area contributed by atoms with Gasteiger partial charge in [-0.25, -0.2) is 23.9 Å². The molecule has 2 N–H and O–H groups in total. The molecule has 0 spiro atoms. The molecule has 38 heavy (non-hydrogen) atoms. The van der Waals surface area contributed by atoms with E-state index in [9.17, 15) is 19.1 Å². The molecular formula is C26H28ClFN4O6. The van der Waals surface area contributed by atoms with Crippen LogP contribution < -0.4 is 14.8 Å². The Kier molecular flexibility index (Phi) is 7.77. The van der Waals surface area contributed by atoms with E-state index < -0.39 is 35.6 Å². The van der Waals surface area contributed by atoms with Crippen molar-refractivity contribution in [3.8, 4) is 11.5 Å². The van der Waals surface area contributed by atoms with Crippen molar-refractivity contribution in [2.75, 3.05) is 19.0 Å². The number of aliphatic carboxylic acids is 1. The summed E-state index contributed by atoms with van der Waals surface area (Å²) in [5.41, 5.74) is -0.111. The molecule has 1 aliphatic rings. The van der Waals surface area contributed by atoms with Crippen molar-refractivity contribution in [2.24, 2.45) is 0 Å². The number of likely N-dealkylation sites (tertiary alicyclic amines) is 1. The van der Waals surface area contributed by atoms with Gasteiger partial charge in [0.15, 0.2) is 17.3 Å². The van der Waals surface area contributed by atoms with Crippen molar-refractivity contribution in [1.82, 2.24) is 14.9 Å². The Morgan fingerprint density at radius 2 is 1.97 bits per heavy atom. The number of fused-ring (bicyclic) bond motifs is 1. The molecule has 2 aromatic carbocycles. The molecule has 0 radical (unpaired) electrons. The van der Waals surface area contributed by atoms with Gasteiger partial charge in [0.05, 0.1) is 23.3 Å². The molecule has 0 unspecified atom stereocenters. The topological polar surface area (TPSA) is 123 Å². The van der Waals surface area contributed by atoms with Crippen molar-refractivity contribution in [3.05, 3.63) is 47.5 Å². The lowest BCUT2D eigenvalue weighted by Gasteiger charge is -2.37. The maximum Gasteiger partial charge on any atom is 0.411 e. The Bertz CT molecular complexity index is 1370. The number of aromatic nitrogens is 2. The molecule has 12 heteroatoms. The fourth-order valence-corrected chi connectivity index (χ4v) is 4.31. The van der Waals surface area contributed by atoms with Gasteiger partial charge in [0.25, 0.3) is 0 Å². The summed E-state index contributed by atoms with van der Waals surface area (Å²) in [4.78, 5) is 34.3. The van der Waals surface area contributed by atoms with Gasteiger partial charge in [0.1, 0.15) is 29.9 Å². The molecule has 0 aliphatic carbocycles. The monoisotopic (exact) mass is 546 g/mol. The van der Waals surface area contributed by atoms with Gasteiger partial charge in [-0.05, 0) is 39.0 Å². The highest BCUT2D eigenvalue weighted by Crippen LogP contribution is 2.37. The van der Waals surface area contributed by atoms with Crippen LogP contribution in [0.4, 0.5) is 20.7 Å². The molecule has 1 aromatic heterocycles. The van der Waals surface area contributed by atoms with Crippen LogP contribution in [-0.4, -0.2) is 63.4 Å². The first-order chi connectivity index (χ1) is 18.0. The molecule has 1 aliphatic heterocycles. The van der Waals surface area contributed by atoms with Gasteiger partial charge in [-0.1, -0.05) is 17.7 Å². The van der Waals surface area contributed by atoms with E-state index in [0.717, 1.165) is 0 Å². The smallest absolute Gasteiger partial charge is 0.411 e. The number of benzene rings is 2. The SMILES string of the molecule is COc1cc2ncnc(Nc3cccc(Cl)c3F)c2cc1O[C@@H]1CCN(C(=O)OC(C)(C)C)[C@@H](C(=O)O)C1. The fourth-order valence-electron chi connectivity index (χ4n) is 4.14. The van der Waals surface area contributed by atoms with Crippen LogP contribution >= 0.6 is 11.6 Å². The average Bonchev–Trinajstić information content (AvgIpc) is 2.85. The number of nitrogens with zero attached hydrogens (tertiary/aromatic N) is 3. The van der Waals surface area contributed by atoms with Gasteiger partial charge in [-0.15, -0.1) is 0 Å². The van der Waals surface area contributed by atoms with Gasteiger partial charge in [-0.3, -0.25) is 4.90 Å². The molecule has 1 saturated heterocycles. The number of carbonyl (C=O) groups excluding carboxylic acids is 1. The zero-order valence-electron chi connectivity index (χ0n) is 21.3. The maximum atomic E-state index is 14.5. The first-order valence-corrected chi connectivity index (χ1v) is 12.3. The summed E-state index contributed by atoms with van der Waals surface area (Å²) in [6.07, 6.45) is 0.519. The summed E-state index contributed by atoms with van der Waals surface area (Å²) in [6, 6.07) is 6.75. The summed E-state index contributed by atoms with van der Waals surface area (Å²) in [5.74, 6) is -0.769. The van der Waals surface area contributed by atoms with E-state index in [2.05, 4.69) is 15.3 Å². The number of carbonyl (C=O) groups is 2. The molecule has 2 heterocycles. The lowest BCUT2D eigenvalue weighted by molar-refractivity contribution is -0.145. The van der Waals surface area contributed by atoms with Crippen LogP contribution in [0.1, 0.15) is 33.6 Å². The van der Waals surface area contributed by atoms with E-state index in [1.165, 1.54) is 30.5 Å². The van der Waals surface area contributed by atoms with Crippen molar-refractivity contribution >= 4 is 46.1 Å². The number of carboxylic acid groups (broad SMARTS) is 1. The second-order valence-electron chi connectivity index (χ2n) is 9.76. The third kappa shape index (κ3) is 5.99. The van der Waals surface area contributed by atoms with E-state index in [1.807, 2.05) is 0 Å². The highest BCUT2D eigenvalue weighted by atomic mass is 35.5. The van der Waals surface area contributed by atoms with Gasteiger partial charge < -0.3 is 24.6 Å². The van der Waals surface area contributed by atoms with Crippen molar-refractivity contribution in [3.63, 3.8) is 0 Å². The molecule has 2 atom stereocenters. The van der Waals surface area contributed by atoms with Gasteiger partial charge in [0.2, 0.25) is 0 Å². The largest absolute Gasteiger partial charge is 0.493 e. The lowest BCUT2D eigenvalue weighted by Crippen LogP contribution is -2.53. The normalized spacial score (nSPS) is 17.7. The minimum absolute atomic E-state index is 0.0373. The lowest BCUT2D eigenvalue weighted by atomic mass is 9.99. The number of halogens is 2. The van der Waals surface area contributed by atoms with Gasteiger partial charge in [0, 0.05) is 30.8 Å². The first kappa shape index (κ1) is 27.2. The summed E-state index contributed by atoms with van der Waals surface area (Å²) in [6.45, 7) is 5.29. The Hall–Kier alpha value is -3.86. The van der Waals surface area contributed by atoms with Crippen LogP contribution in [0.15, 0.2) is 36.7 Å². The van der Waals surface area contributed by atoms with Crippen molar-refractivity contribution < 1.29 is 33.3 Å². The quantitative estimate of drug-likeness (QED) is 0.418. The standard InChI is InChI=1S/C26H28ClFN4O6/c1-26(2,3)38-25(35)32-9-8-14(10-19(32)24(33)34)37-21-11-15-18(12-20(21)36-4)29-13-30-23(15)31-17-7-5-6-16(27)22(17)28/h5-7,11-14,19H,8-10H2,1-4H3,(H,33,34)(H,29,30,31)/t14-,19-/m1/s1. The molecule has 4 rings (SSSR count).